The maximum Gasteiger partial charge on any atom is 0.0495 e. The Bertz CT molecular complexity index is 300. The van der Waals surface area contributed by atoms with Crippen molar-refractivity contribution in [1.29, 1.82) is 0 Å². The molecule has 3 heteroatoms. The van der Waals surface area contributed by atoms with E-state index in [-0.39, 0.29) is 0 Å². The molecular formula is C10H11Cl2N. The van der Waals surface area contributed by atoms with Crippen LogP contribution in [0.25, 0.3) is 5.57 Å². The van der Waals surface area contributed by atoms with Gasteiger partial charge in [0.05, 0.1) is 0 Å². The summed E-state index contributed by atoms with van der Waals surface area (Å²) in [6, 6.07) is 5.40. The summed E-state index contributed by atoms with van der Waals surface area (Å²) in [7, 11) is 0. The molecule has 0 aliphatic rings. The van der Waals surface area contributed by atoms with Gasteiger partial charge in [-0.15, -0.1) is 0 Å². The van der Waals surface area contributed by atoms with Gasteiger partial charge in [-0.3, -0.25) is 0 Å². The fourth-order valence-electron chi connectivity index (χ4n) is 1.13. The van der Waals surface area contributed by atoms with Gasteiger partial charge in [-0.25, -0.2) is 0 Å². The first-order valence-electron chi connectivity index (χ1n) is 3.99. The van der Waals surface area contributed by atoms with Crippen molar-refractivity contribution >= 4 is 28.8 Å². The van der Waals surface area contributed by atoms with Gasteiger partial charge in [-0.05, 0) is 30.7 Å². The summed E-state index contributed by atoms with van der Waals surface area (Å²) in [6.45, 7) is 4.44. The fraction of sp³-hybridized carbons (Fsp3) is 0.200. The van der Waals surface area contributed by atoms with Gasteiger partial charge < -0.3 is 5.73 Å². The summed E-state index contributed by atoms with van der Waals surface area (Å²) in [5.74, 6) is 0. The Labute approximate surface area is 88.1 Å². The number of benzene rings is 1. The van der Waals surface area contributed by atoms with Crippen molar-refractivity contribution in [3.8, 4) is 0 Å². The van der Waals surface area contributed by atoms with Crippen LogP contribution in [0.4, 0.5) is 0 Å². The summed E-state index contributed by atoms with van der Waals surface area (Å²) >= 11 is 11.9. The molecule has 0 saturated carbocycles. The lowest BCUT2D eigenvalue weighted by molar-refractivity contribution is 1.02. The van der Waals surface area contributed by atoms with Gasteiger partial charge in [0.15, 0.2) is 0 Å². The van der Waals surface area contributed by atoms with Crippen LogP contribution in [0.1, 0.15) is 12.0 Å². The molecule has 0 saturated heterocycles. The van der Waals surface area contributed by atoms with Gasteiger partial charge >= 0.3 is 0 Å². The molecule has 0 amide bonds. The molecule has 1 aromatic carbocycles. The van der Waals surface area contributed by atoms with Gasteiger partial charge in [0.25, 0.3) is 0 Å². The maximum absolute atomic E-state index is 5.97. The average molecular weight is 216 g/mol. The molecule has 0 unspecified atom stereocenters. The van der Waals surface area contributed by atoms with Crippen LogP contribution in [0, 0.1) is 0 Å². The Morgan fingerprint density at radius 3 is 2.31 bits per heavy atom. The van der Waals surface area contributed by atoms with E-state index < -0.39 is 0 Å². The van der Waals surface area contributed by atoms with Crippen molar-refractivity contribution in [1.82, 2.24) is 0 Å². The zero-order chi connectivity index (χ0) is 9.84. The highest BCUT2D eigenvalue weighted by Gasteiger charge is 2.07. The molecule has 13 heavy (non-hydrogen) atoms. The third kappa shape index (κ3) is 2.47. The van der Waals surface area contributed by atoms with Crippen molar-refractivity contribution < 1.29 is 0 Å². The topological polar surface area (TPSA) is 26.0 Å². The van der Waals surface area contributed by atoms with Gasteiger partial charge in [0.2, 0.25) is 0 Å². The van der Waals surface area contributed by atoms with Crippen molar-refractivity contribution in [3.63, 3.8) is 0 Å². The molecular weight excluding hydrogens is 205 g/mol. The molecule has 0 aliphatic heterocycles. The largest absolute Gasteiger partial charge is 0.330 e. The van der Waals surface area contributed by atoms with Crippen LogP contribution in [0.15, 0.2) is 24.8 Å². The van der Waals surface area contributed by atoms with E-state index in [1.54, 1.807) is 12.1 Å². The van der Waals surface area contributed by atoms with E-state index >= 15 is 0 Å². The van der Waals surface area contributed by atoms with E-state index in [2.05, 4.69) is 6.58 Å². The molecule has 1 rings (SSSR count). The SMILES string of the molecule is C=C(CCN)c1c(Cl)cccc1Cl. The summed E-state index contributed by atoms with van der Waals surface area (Å²) in [5.41, 5.74) is 7.12. The summed E-state index contributed by atoms with van der Waals surface area (Å²) in [5, 5.41) is 1.26. The van der Waals surface area contributed by atoms with E-state index in [4.69, 9.17) is 28.9 Å². The number of rotatable bonds is 3. The van der Waals surface area contributed by atoms with Crippen LogP contribution in [0.2, 0.25) is 10.0 Å². The number of nitrogens with two attached hydrogens (primary N) is 1. The molecule has 70 valence electrons. The second kappa shape index (κ2) is 4.66. The normalized spacial score (nSPS) is 10.1. The van der Waals surface area contributed by atoms with E-state index in [9.17, 15) is 0 Å². The van der Waals surface area contributed by atoms with E-state index in [0.717, 1.165) is 11.1 Å². The van der Waals surface area contributed by atoms with Crippen molar-refractivity contribution in [2.24, 2.45) is 5.73 Å². The van der Waals surface area contributed by atoms with Gasteiger partial charge in [-0.2, -0.15) is 0 Å². The molecule has 0 atom stereocenters. The van der Waals surface area contributed by atoms with Crippen LogP contribution in [0.5, 0.6) is 0 Å². The van der Waals surface area contributed by atoms with Gasteiger partial charge in [0, 0.05) is 15.6 Å². The molecule has 0 heterocycles. The second-order valence-corrected chi connectivity index (χ2v) is 3.55. The minimum absolute atomic E-state index is 0.556. The lowest BCUT2D eigenvalue weighted by atomic mass is 10.0. The Balaban J connectivity index is 3.05. The molecule has 0 bridgehead atoms. The first-order valence-corrected chi connectivity index (χ1v) is 4.74. The Morgan fingerprint density at radius 1 is 1.31 bits per heavy atom. The lowest BCUT2D eigenvalue weighted by Gasteiger charge is -2.08. The number of hydrogen-bond donors (Lipinski definition) is 1. The molecule has 0 spiro atoms. The monoisotopic (exact) mass is 215 g/mol. The second-order valence-electron chi connectivity index (χ2n) is 2.74. The molecule has 0 fully saturated rings. The fourth-order valence-corrected chi connectivity index (χ4v) is 1.80. The highest BCUT2D eigenvalue weighted by atomic mass is 35.5. The number of hydrogen-bond acceptors (Lipinski definition) is 1. The molecule has 0 aliphatic carbocycles. The predicted molar refractivity (Wildman–Crippen MR) is 59.2 cm³/mol. The zero-order valence-corrected chi connectivity index (χ0v) is 8.70. The summed E-state index contributed by atoms with van der Waals surface area (Å²) < 4.78 is 0. The predicted octanol–water partition coefficient (Wildman–Crippen LogP) is 3.36. The van der Waals surface area contributed by atoms with Crippen molar-refractivity contribution in [2.45, 2.75) is 6.42 Å². The molecule has 0 aromatic heterocycles. The van der Waals surface area contributed by atoms with Crippen molar-refractivity contribution in [2.75, 3.05) is 6.54 Å². The Morgan fingerprint density at radius 2 is 1.85 bits per heavy atom. The third-order valence-corrected chi connectivity index (χ3v) is 2.39. The van der Waals surface area contributed by atoms with Crippen LogP contribution in [-0.2, 0) is 0 Å². The highest BCUT2D eigenvalue weighted by molar-refractivity contribution is 6.37. The minimum atomic E-state index is 0.556. The first kappa shape index (κ1) is 10.6. The summed E-state index contributed by atoms with van der Waals surface area (Å²) in [6.07, 6.45) is 0.712. The zero-order valence-electron chi connectivity index (χ0n) is 7.19. The van der Waals surface area contributed by atoms with Crippen LogP contribution in [0.3, 0.4) is 0 Å². The smallest absolute Gasteiger partial charge is 0.0495 e. The minimum Gasteiger partial charge on any atom is -0.330 e. The Hall–Kier alpha value is -0.500. The van der Waals surface area contributed by atoms with Gasteiger partial charge in [-0.1, -0.05) is 35.8 Å². The molecule has 1 nitrogen and oxygen atoms in total. The maximum atomic E-state index is 5.97. The average Bonchev–Trinajstić information content (AvgIpc) is 2.04. The first-order chi connectivity index (χ1) is 6.16. The summed E-state index contributed by atoms with van der Waals surface area (Å²) in [4.78, 5) is 0. The van der Waals surface area contributed by atoms with Gasteiger partial charge in [0.1, 0.15) is 0 Å². The Kier molecular flexibility index (Phi) is 3.79. The van der Waals surface area contributed by atoms with E-state index in [0.29, 0.717) is 23.0 Å². The van der Waals surface area contributed by atoms with Crippen molar-refractivity contribution in [3.05, 3.63) is 40.4 Å². The van der Waals surface area contributed by atoms with E-state index in [1.807, 2.05) is 6.07 Å². The van der Waals surface area contributed by atoms with E-state index in [1.165, 1.54) is 0 Å². The molecule has 1 aromatic rings. The standard InChI is InChI=1S/C10H11Cl2N/c1-7(5-6-13)10-8(11)3-2-4-9(10)12/h2-4H,1,5-6,13H2. The van der Waals surface area contributed by atoms with Crippen LogP contribution in [-0.4, -0.2) is 6.54 Å². The quantitative estimate of drug-likeness (QED) is 0.823. The lowest BCUT2D eigenvalue weighted by Crippen LogP contribution is -1.99. The third-order valence-electron chi connectivity index (χ3n) is 1.76. The highest BCUT2D eigenvalue weighted by Crippen LogP contribution is 2.31. The molecule has 0 radical (unpaired) electrons. The van der Waals surface area contributed by atoms with Crippen LogP contribution < -0.4 is 5.73 Å². The molecule has 2 N–H and O–H groups in total. The van der Waals surface area contributed by atoms with Crippen LogP contribution >= 0.6 is 23.2 Å². The number of halogens is 2.